The number of aliphatic hydroxyl groups excluding tert-OH is 1. The molecule has 0 saturated heterocycles. The average molecular weight is 183 g/mol. The van der Waals surface area contributed by atoms with Crippen molar-refractivity contribution in [2.45, 2.75) is 4.94 Å². The van der Waals surface area contributed by atoms with E-state index in [2.05, 4.69) is 0 Å². The summed E-state index contributed by atoms with van der Waals surface area (Å²) in [6, 6.07) is 9.76. The van der Waals surface area contributed by atoms with Crippen LogP contribution in [0, 0.1) is 0 Å². The van der Waals surface area contributed by atoms with Crippen LogP contribution in [0.25, 0.3) is 0 Å². The van der Waals surface area contributed by atoms with E-state index in [9.17, 15) is 0 Å². The van der Waals surface area contributed by atoms with Crippen molar-refractivity contribution < 1.29 is 5.11 Å². The number of benzene rings is 1. The van der Waals surface area contributed by atoms with Crippen LogP contribution in [-0.2, 0) is 0 Å². The molecule has 0 saturated carbocycles. The molecule has 0 aliphatic rings. The summed E-state index contributed by atoms with van der Waals surface area (Å²) in [6.07, 6.45) is 0. The molecule has 0 aromatic heterocycles. The first-order chi connectivity index (χ1) is 4.30. The Labute approximate surface area is 62.9 Å². The van der Waals surface area contributed by atoms with Crippen LogP contribution in [0.15, 0.2) is 30.3 Å². The molecule has 9 heavy (non-hydrogen) atoms. The molecule has 1 atom stereocenters. The number of hydrogen-bond donors (Lipinski definition) is 1. The van der Waals surface area contributed by atoms with Crippen molar-refractivity contribution in [1.29, 1.82) is 0 Å². The molecule has 0 aliphatic carbocycles. The molecular formula is C7H10GeO. The van der Waals surface area contributed by atoms with Gasteiger partial charge in [0.25, 0.3) is 0 Å². The Morgan fingerprint density at radius 3 is 2.11 bits per heavy atom. The normalized spacial score (nSPS) is 13.4. The molecule has 1 nitrogen and oxygen atoms in total. The second-order valence-electron chi connectivity index (χ2n) is 2.09. The third-order valence-electron chi connectivity index (χ3n) is 1.28. The van der Waals surface area contributed by atoms with Crippen LogP contribution in [0.1, 0.15) is 10.5 Å². The Bertz CT molecular complexity index is 172. The van der Waals surface area contributed by atoms with E-state index >= 15 is 0 Å². The second-order valence-corrected chi connectivity index (χ2v) is 4.38. The fourth-order valence-corrected chi connectivity index (χ4v) is 1.54. The zero-order valence-corrected chi connectivity index (χ0v) is 9.61. The maximum atomic E-state index is 9.11. The Hall–Kier alpha value is -0.277. The maximum absolute atomic E-state index is 9.11. The van der Waals surface area contributed by atoms with Crippen LogP contribution in [-0.4, -0.2) is 21.6 Å². The molecule has 0 heterocycles. The number of rotatable bonds is 1. The van der Waals surface area contributed by atoms with Gasteiger partial charge in [0.15, 0.2) is 0 Å². The fraction of sp³-hybridized carbons (Fsp3) is 0.143. The monoisotopic (exact) mass is 184 g/mol. The fourth-order valence-electron chi connectivity index (χ4n) is 0.732. The predicted octanol–water partition coefficient (Wildman–Crippen LogP) is 0.0429. The standard InChI is InChI=1S/C7H10GeO/c8-7(9)6-4-2-1-3-5-6/h1-5,7,9H,8H3. The summed E-state index contributed by atoms with van der Waals surface area (Å²) in [6.45, 7) is 0. The number of aliphatic hydroxyl groups is 1. The summed E-state index contributed by atoms with van der Waals surface area (Å²) in [5, 5.41) is 9.11. The summed E-state index contributed by atoms with van der Waals surface area (Å²) in [5.74, 6) is 0. The Morgan fingerprint density at radius 2 is 1.78 bits per heavy atom. The molecule has 1 aromatic rings. The molecule has 48 valence electrons. The summed E-state index contributed by atoms with van der Waals surface area (Å²) in [4.78, 5) is -0.154. The third kappa shape index (κ3) is 1.84. The van der Waals surface area contributed by atoms with Crippen LogP contribution in [0.4, 0.5) is 0 Å². The van der Waals surface area contributed by atoms with E-state index in [-0.39, 0.29) is 4.94 Å². The van der Waals surface area contributed by atoms with E-state index in [1.165, 1.54) is 0 Å². The van der Waals surface area contributed by atoms with Crippen LogP contribution in [0.2, 0.25) is 0 Å². The van der Waals surface area contributed by atoms with Crippen molar-refractivity contribution in [3.05, 3.63) is 35.9 Å². The van der Waals surface area contributed by atoms with Crippen LogP contribution < -0.4 is 0 Å². The molecule has 0 fully saturated rings. The van der Waals surface area contributed by atoms with Gasteiger partial charge in [-0.25, -0.2) is 0 Å². The van der Waals surface area contributed by atoms with Gasteiger partial charge in [0.2, 0.25) is 0 Å². The van der Waals surface area contributed by atoms with E-state index in [1.54, 1.807) is 0 Å². The molecule has 0 amide bonds. The molecule has 2 heteroatoms. The van der Waals surface area contributed by atoms with Gasteiger partial charge in [-0.3, -0.25) is 0 Å². The van der Waals surface area contributed by atoms with Gasteiger partial charge in [0.05, 0.1) is 0 Å². The van der Waals surface area contributed by atoms with E-state index in [0.717, 1.165) is 5.56 Å². The second kappa shape index (κ2) is 3.04. The minimum absolute atomic E-state index is 0.154. The molecule has 0 spiro atoms. The van der Waals surface area contributed by atoms with Crippen LogP contribution in [0.5, 0.6) is 0 Å². The van der Waals surface area contributed by atoms with Gasteiger partial charge in [-0.15, -0.1) is 0 Å². The van der Waals surface area contributed by atoms with E-state index in [1.807, 2.05) is 30.3 Å². The molecular weight excluding hydrogens is 173 g/mol. The molecule has 0 aliphatic heterocycles. The molecule has 1 rings (SSSR count). The molecule has 1 N–H and O–H groups in total. The summed E-state index contributed by atoms with van der Waals surface area (Å²) in [5.41, 5.74) is 1.05. The van der Waals surface area contributed by atoms with Crippen molar-refractivity contribution in [2.24, 2.45) is 0 Å². The van der Waals surface area contributed by atoms with Crippen molar-refractivity contribution in [3.63, 3.8) is 0 Å². The summed E-state index contributed by atoms with van der Waals surface area (Å²) >= 11 is 0.481. The number of hydrogen-bond acceptors (Lipinski definition) is 1. The van der Waals surface area contributed by atoms with Crippen molar-refractivity contribution in [1.82, 2.24) is 0 Å². The van der Waals surface area contributed by atoms with Crippen molar-refractivity contribution >= 4 is 16.5 Å². The van der Waals surface area contributed by atoms with Gasteiger partial charge in [-0.1, -0.05) is 0 Å². The zero-order chi connectivity index (χ0) is 6.69. The van der Waals surface area contributed by atoms with Crippen LogP contribution >= 0.6 is 0 Å². The topological polar surface area (TPSA) is 20.2 Å². The Morgan fingerprint density at radius 1 is 1.22 bits per heavy atom. The molecule has 0 bridgehead atoms. The minimum atomic E-state index is -0.154. The van der Waals surface area contributed by atoms with Crippen LogP contribution in [0.3, 0.4) is 0 Å². The Balaban J connectivity index is 2.85. The molecule has 1 aromatic carbocycles. The van der Waals surface area contributed by atoms with Gasteiger partial charge >= 0.3 is 62.5 Å². The van der Waals surface area contributed by atoms with E-state index in [0.29, 0.717) is 16.5 Å². The van der Waals surface area contributed by atoms with Gasteiger partial charge in [-0.05, 0) is 0 Å². The summed E-state index contributed by atoms with van der Waals surface area (Å²) in [7, 11) is 0. The van der Waals surface area contributed by atoms with Gasteiger partial charge in [0.1, 0.15) is 0 Å². The quantitative estimate of drug-likeness (QED) is 0.609. The third-order valence-corrected chi connectivity index (χ3v) is 2.68. The van der Waals surface area contributed by atoms with Crippen molar-refractivity contribution in [2.75, 3.05) is 0 Å². The summed E-state index contributed by atoms with van der Waals surface area (Å²) < 4.78 is 0. The average Bonchev–Trinajstić information content (AvgIpc) is 1.90. The molecule has 1 unspecified atom stereocenters. The first-order valence-corrected chi connectivity index (χ1v) is 5.46. The van der Waals surface area contributed by atoms with E-state index in [4.69, 9.17) is 5.11 Å². The van der Waals surface area contributed by atoms with E-state index < -0.39 is 0 Å². The Kier molecular flexibility index (Phi) is 2.31. The van der Waals surface area contributed by atoms with Gasteiger partial charge in [0, 0.05) is 0 Å². The van der Waals surface area contributed by atoms with Gasteiger partial charge < -0.3 is 0 Å². The van der Waals surface area contributed by atoms with Crippen molar-refractivity contribution in [3.8, 4) is 0 Å². The SMILES string of the molecule is O[CH]([GeH3])c1ccccc1. The zero-order valence-electron chi connectivity index (χ0n) is 5.41. The van der Waals surface area contributed by atoms with Gasteiger partial charge in [-0.2, -0.15) is 0 Å². The first-order valence-electron chi connectivity index (χ1n) is 3.03. The molecule has 0 radical (unpaired) electrons. The predicted molar refractivity (Wildman–Crippen MR) is 41.3 cm³/mol. The first kappa shape index (κ1) is 6.84.